The molecule has 0 bridgehead atoms. The molecule has 2 aromatic carbocycles. The lowest BCUT2D eigenvalue weighted by molar-refractivity contribution is 1.11. The molecular weight excluding hydrogens is 254 g/mol. The fraction of sp³-hybridized carbons (Fsp3) is 0.0667. The molecule has 0 saturated carbocycles. The molecule has 1 heterocycles. The first-order valence-corrected chi connectivity index (χ1v) is 6.98. The second-order valence-electron chi connectivity index (χ2n) is 4.23. The van der Waals surface area contributed by atoms with E-state index >= 15 is 0 Å². The molecule has 0 amide bonds. The normalized spacial score (nSPS) is 10.7. The molecule has 0 aliphatic heterocycles. The molecule has 0 fully saturated rings. The maximum atomic E-state index is 5.52. The van der Waals surface area contributed by atoms with E-state index in [4.69, 9.17) is 5.73 Å². The number of thioether (sulfide) groups is 1. The van der Waals surface area contributed by atoms with Gasteiger partial charge in [-0.2, -0.15) is 0 Å². The molecule has 4 heteroatoms. The SMILES string of the molecule is Nc1cnc(CSc2ccc3ccccc3c2)cn1. The van der Waals surface area contributed by atoms with Crippen molar-refractivity contribution in [1.82, 2.24) is 9.97 Å². The summed E-state index contributed by atoms with van der Waals surface area (Å²) < 4.78 is 0. The van der Waals surface area contributed by atoms with Crippen LogP contribution in [0.5, 0.6) is 0 Å². The Hall–Kier alpha value is -2.07. The molecular formula is C15H13N3S. The van der Waals surface area contributed by atoms with Gasteiger partial charge in [0.15, 0.2) is 0 Å². The summed E-state index contributed by atoms with van der Waals surface area (Å²) in [6, 6.07) is 14.8. The third-order valence-corrected chi connectivity index (χ3v) is 3.86. The van der Waals surface area contributed by atoms with Crippen LogP contribution >= 0.6 is 11.8 Å². The van der Waals surface area contributed by atoms with Crippen LogP contribution in [0.4, 0.5) is 5.82 Å². The molecule has 0 saturated heterocycles. The van der Waals surface area contributed by atoms with E-state index in [2.05, 4.69) is 52.4 Å². The highest BCUT2D eigenvalue weighted by atomic mass is 32.2. The van der Waals surface area contributed by atoms with Crippen molar-refractivity contribution in [3.63, 3.8) is 0 Å². The number of nitrogens with zero attached hydrogens (tertiary/aromatic N) is 2. The van der Waals surface area contributed by atoms with Gasteiger partial charge in [-0.1, -0.05) is 30.3 Å². The quantitative estimate of drug-likeness (QED) is 0.738. The number of fused-ring (bicyclic) bond motifs is 1. The predicted octanol–water partition coefficient (Wildman–Crippen LogP) is 3.50. The number of nitrogens with two attached hydrogens (primary N) is 1. The lowest BCUT2D eigenvalue weighted by Gasteiger charge is -2.03. The first-order valence-electron chi connectivity index (χ1n) is 5.99. The molecule has 3 nitrogen and oxygen atoms in total. The molecule has 94 valence electrons. The van der Waals surface area contributed by atoms with Crippen molar-refractivity contribution < 1.29 is 0 Å². The smallest absolute Gasteiger partial charge is 0.141 e. The van der Waals surface area contributed by atoms with Crippen molar-refractivity contribution in [3.05, 3.63) is 60.6 Å². The van der Waals surface area contributed by atoms with E-state index in [0.29, 0.717) is 5.82 Å². The van der Waals surface area contributed by atoms with Gasteiger partial charge >= 0.3 is 0 Å². The zero-order chi connectivity index (χ0) is 13.1. The Morgan fingerprint density at radius 3 is 2.58 bits per heavy atom. The molecule has 0 radical (unpaired) electrons. The Bertz CT molecular complexity index is 695. The molecule has 3 aromatic rings. The number of hydrogen-bond acceptors (Lipinski definition) is 4. The minimum absolute atomic E-state index is 0.458. The van der Waals surface area contributed by atoms with Crippen LogP contribution in [0.3, 0.4) is 0 Å². The minimum Gasteiger partial charge on any atom is -0.382 e. The molecule has 19 heavy (non-hydrogen) atoms. The maximum absolute atomic E-state index is 5.52. The molecule has 0 unspecified atom stereocenters. The standard InChI is InChI=1S/C15H13N3S/c16-15-9-17-13(8-18-15)10-19-14-6-5-11-3-1-2-4-12(11)7-14/h1-9H,10H2,(H2,16,18). The van der Waals surface area contributed by atoms with Crippen LogP contribution < -0.4 is 5.73 Å². The minimum atomic E-state index is 0.458. The van der Waals surface area contributed by atoms with Gasteiger partial charge in [-0.3, -0.25) is 4.98 Å². The van der Waals surface area contributed by atoms with E-state index < -0.39 is 0 Å². The van der Waals surface area contributed by atoms with Crippen LogP contribution in [0.1, 0.15) is 5.69 Å². The number of aromatic nitrogens is 2. The van der Waals surface area contributed by atoms with Crippen molar-refractivity contribution in [2.45, 2.75) is 10.6 Å². The number of anilines is 1. The van der Waals surface area contributed by atoms with Crippen molar-refractivity contribution in [1.29, 1.82) is 0 Å². The summed E-state index contributed by atoms with van der Waals surface area (Å²) in [6.07, 6.45) is 3.32. The molecule has 0 aliphatic rings. The van der Waals surface area contributed by atoms with Crippen LogP contribution in [0.15, 0.2) is 59.8 Å². The highest BCUT2D eigenvalue weighted by Crippen LogP contribution is 2.25. The topological polar surface area (TPSA) is 51.8 Å². The summed E-state index contributed by atoms with van der Waals surface area (Å²) in [4.78, 5) is 9.52. The van der Waals surface area contributed by atoms with E-state index in [-0.39, 0.29) is 0 Å². The lowest BCUT2D eigenvalue weighted by Crippen LogP contribution is -1.94. The molecule has 3 rings (SSSR count). The van der Waals surface area contributed by atoms with Crippen molar-refractivity contribution in [2.75, 3.05) is 5.73 Å². The summed E-state index contributed by atoms with van der Waals surface area (Å²) in [7, 11) is 0. The van der Waals surface area contributed by atoms with Crippen molar-refractivity contribution in [3.8, 4) is 0 Å². The van der Waals surface area contributed by atoms with E-state index in [0.717, 1.165) is 11.4 Å². The Balaban J connectivity index is 1.76. The van der Waals surface area contributed by atoms with Crippen molar-refractivity contribution >= 4 is 28.4 Å². The van der Waals surface area contributed by atoms with E-state index in [1.807, 2.05) is 0 Å². The third kappa shape index (κ3) is 2.85. The van der Waals surface area contributed by atoms with Crippen LogP contribution in [0.2, 0.25) is 0 Å². The molecule has 0 atom stereocenters. The van der Waals surface area contributed by atoms with E-state index in [1.54, 1.807) is 24.2 Å². The Labute approximate surface area is 115 Å². The monoisotopic (exact) mass is 267 g/mol. The summed E-state index contributed by atoms with van der Waals surface area (Å²) >= 11 is 1.75. The zero-order valence-electron chi connectivity index (χ0n) is 10.3. The number of hydrogen-bond donors (Lipinski definition) is 1. The summed E-state index contributed by atoms with van der Waals surface area (Å²) in [6.45, 7) is 0. The summed E-state index contributed by atoms with van der Waals surface area (Å²) in [5.74, 6) is 1.26. The van der Waals surface area contributed by atoms with Crippen LogP contribution in [0.25, 0.3) is 10.8 Å². The van der Waals surface area contributed by atoms with Gasteiger partial charge in [-0.25, -0.2) is 4.98 Å². The first kappa shape index (κ1) is 12.0. The van der Waals surface area contributed by atoms with E-state index in [9.17, 15) is 0 Å². The van der Waals surface area contributed by atoms with Crippen LogP contribution in [-0.4, -0.2) is 9.97 Å². The fourth-order valence-electron chi connectivity index (χ4n) is 1.85. The summed E-state index contributed by atoms with van der Waals surface area (Å²) in [5.41, 5.74) is 6.45. The van der Waals surface area contributed by atoms with Gasteiger partial charge < -0.3 is 5.73 Å². The maximum Gasteiger partial charge on any atom is 0.141 e. The Morgan fingerprint density at radius 1 is 0.947 bits per heavy atom. The lowest BCUT2D eigenvalue weighted by atomic mass is 10.1. The van der Waals surface area contributed by atoms with Gasteiger partial charge in [0.25, 0.3) is 0 Å². The van der Waals surface area contributed by atoms with Gasteiger partial charge in [-0.15, -0.1) is 11.8 Å². The Kier molecular flexibility index (Phi) is 3.33. The van der Waals surface area contributed by atoms with Crippen molar-refractivity contribution in [2.24, 2.45) is 0 Å². The number of rotatable bonds is 3. The third-order valence-electron chi connectivity index (χ3n) is 2.83. The zero-order valence-corrected chi connectivity index (χ0v) is 11.1. The molecule has 0 spiro atoms. The van der Waals surface area contributed by atoms with Crippen LogP contribution in [-0.2, 0) is 5.75 Å². The second-order valence-corrected chi connectivity index (χ2v) is 5.28. The molecule has 0 aliphatic carbocycles. The average Bonchev–Trinajstić information content (AvgIpc) is 2.46. The van der Waals surface area contributed by atoms with Gasteiger partial charge in [0.1, 0.15) is 5.82 Å². The van der Waals surface area contributed by atoms with Gasteiger partial charge in [0.05, 0.1) is 18.1 Å². The van der Waals surface area contributed by atoms with E-state index in [1.165, 1.54) is 15.7 Å². The second kappa shape index (κ2) is 5.28. The number of benzene rings is 2. The summed E-state index contributed by atoms with van der Waals surface area (Å²) in [5, 5.41) is 2.52. The highest BCUT2D eigenvalue weighted by molar-refractivity contribution is 7.98. The fourth-order valence-corrected chi connectivity index (χ4v) is 2.69. The Morgan fingerprint density at radius 2 is 1.79 bits per heavy atom. The largest absolute Gasteiger partial charge is 0.382 e. The first-order chi connectivity index (χ1) is 9.31. The molecule has 2 N–H and O–H groups in total. The average molecular weight is 267 g/mol. The number of nitrogen functional groups attached to an aromatic ring is 1. The van der Waals surface area contributed by atoms with Gasteiger partial charge in [-0.05, 0) is 22.9 Å². The van der Waals surface area contributed by atoms with Gasteiger partial charge in [0.2, 0.25) is 0 Å². The van der Waals surface area contributed by atoms with Crippen LogP contribution in [0, 0.1) is 0 Å². The van der Waals surface area contributed by atoms with Gasteiger partial charge in [0, 0.05) is 10.6 Å². The highest BCUT2D eigenvalue weighted by Gasteiger charge is 2.00. The predicted molar refractivity (Wildman–Crippen MR) is 80.0 cm³/mol. The molecule has 1 aromatic heterocycles.